The molecule has 2 saturated carbocycles. The molecule has 2 rings (SSSR count). The Hall–Kier alpha value is -0.510. The van der Waals surface area contributed by atoms with Crippen LogP contribution in [0.2, 0.25) is 0 Å². The van der Waals surface area contributed by atoms with Crippen molar-refractivity contribution in [1.29, 1.82) is 5.26 Å². The lowest BCUT2D eigenvalue weighted by atomic mass is 9.62. The first-order valence-corrected chi connectivity index (χ1v) is 11.6. The molecule has 2 atom stereocenters. The zero-order chi connectivity index (χ0) is 18.0. The van der Waals surface area contributed by atoms with Crippen LogP contribution >= 0.6 is 0 Å². The monoisotopic (exact) mass is 345 g/mol. The van der Waals surface area contributed by atoms with Gasteiger partial charge in [-0.3, -0.25) is 0 Å². The van der Waals surface area contributed by atoms with Crippen LogP contribution in [0.25, 0.3) is 0 Å². The largest absolute Gasteiger partial charge is 0.198 e. The van der Waals surface area contributed by atoms with Gasteiger partial charge in [-0.25, -0.2) is 0 Å². The fourth-order valence-corrected chi connectivity index (χ4v) is 5.72. The Morgan fingerprint density at radius 2 is 1.56 bits per heavy atom. The van der Waals surface area contributed by atoms with Gasteiger partial charge >= 0.3 is 0 Å². The fourth-order valence-electron chi connectivity index (χ4n) is 5.72. The first-order chi connectivity index (χ1) is 12.2. The van der Waals surface area contributed by atoms with E-state index in [0.717, 1.165) is 17.8 Å². The Morgan fingerprint density at radius 3 is 2.24 bits per heavy atom. The van der Waals surface area contributed by atoms with Crippen LogP contribution in [0.5, 0.6) is 0 Å². The van der Waals surface area contributed by atoms with Gasteiger partial charge in [0.2, 0.25) is 0 Å². The van der Waals surface area contributed by atoms with Crippen molar-refractivity contribution in [3.8, 4) is 6.07 Å². The predicted octanol–water partition coefficient (Wildman–Crippen LogP) is 8.04. The Morgan fingerprint density at radius 1 is 0.840 bits per heavy atom. The van der Waals surface area contributed by atoms with E-state index < -0.39 is 0 Å². The molecule has 2 unspecified atom stereocenters. The number of rotatable bonds is 10. The number of unbranched alkanes of at least 4 members (excludes halogenated alkanes) is 5. The second-order valence-corrected chi connectivity index (χ2v) is 9.34. The Bertz CT molecular complexity index is 387. The molecule has 0 saturated heterocycles. The lowest BCUT2D eigenvalue weighted by Crippen LogP contribution is -2.32. The summed E-state index contributed by atoms with van der Waals surface area (Å²) in [4.78, 5) is 0. The van der Waals surface area contributed by atoms with Crippen LogP contribution in [0.3, 0.4) is 0 Å². The first-order valence-electron chi connectivity index (χ1n) is 11.6. The van der Waals surface area contributed by atoms with Crippen molar-refractivity contribution in [1.82, 2.24) is 0 Å². The van der Waals surface area contributed by atoms with Gasteiger partial charge in [-0.05, 0) is 49.9 Å². The van der Waals surface area contributed by atoms with E-state index in [0.29, 0.717) is 0 Å². The lowest BCUT2D eigenvalue weighted by molar-refractivity contribution is 0.102. The molecule has 0 radical (unpaired) electrons. The standard InChI is InChI=1S/C24H43N/c1-3-5-7-8-11-21-13-15-22(16-14-21)23-12-10-18-24(19-23,20-25)17-9-6-4-2/h21-23H,3-19H2,1-2H3/t21-,22-,23?,24?. The van der Waals surface area contributed by atoms with E-state index in [-0.39, 0.29) is 5.41 Å². The van der Waals surface area contributed by atoms with Crippen molar-refractivity contribution in [2.45, 2.75) is 123 Å². The molecule has 2 aliphatic carbocycles. The highest BCUT2D eigenvalue weighted by atomic mass is 14.5. The molecule has 1 heteroatoms. The third-order valence-corrected chi connectivity index (χ3v) is 7.40. The molecular weight excluding hydrogens is 302 g/mol. The Labute approximate surface area is 158 Å². The molecular formula is C24H43N. The zero-order valence-electron chi connectivity index (χ0n) is 17.2. The van der Waals surface area contributed by atoms with Crippen LogP contribution in [-0.4, -0.2) is 0 Å². The van der Waals surface area contributed by atoms with E-state index in [1.165, 1.54) is 109 Å². The second-order valence-electron chi connectivity index (χ2n) is 9.34. The van der Waals surface area contributed by atoms with Crippen molar-refractivity contribution in [3.63, 3.8) is 0 Å². The number of nitrogens with zero attached hydrogens (tertiary/aromatic N) is 1. The maximum atomic E-state index is 9.89. The summed E-state index contributed by atoms with van der Waals surface area (Å²) in [5.74, 6) is 2.81. The normalized spacial score (nSPS) is 33.1. The zero-order valence-corrected chi connectivity index (χ0v) is 17.2. The maximum Gasteiger partial charge on any atom is 0.0689 e. The van der Waals surface area contributed by atoms with E-state index in [9.17, 15) is 5.26 Å². The van der Waals surface area contributed by atoms with Crippen LogP contribution in [0.15, 0.2) is 0 Å². The summed E-state index contributed by atoms with van der Waals surface area (Å²) in [6, 6.07) is 2.79. The highest BCUT2D eigenvalue weighted by molar-refractivity contribution is 5.03. The molecule has 0 aromatic heterocycles. The minimum Gasteiger partial charge on any atom is -0.198 e. The smallest absolute Gasteiger partial charge is 0.0689 e. The molecule has 0 aromatic carbocycles. The summed E-state index contributed by atoms with van der Waals surface area (Å²) < 4.78 is 0. The van der Waals surface area contributed by atoms with Crippen LogP contribution < -0.4 is 0 Å². The fraction of sp³-hybridized carbons (Fsp3) is 0.958. The molecule has 0 heterocycles. The van der Waals surface area contributed by atoms with E-state index in [4.69, 9.17) is 0 Å². The first kappa shape index (κ1) is 20.8. The summed E-state index contributed by atoms with van der Waals surface area (Å²) in [6.07, 6.45) is 23.1. The second kappa shape index (κ2) is 11.3. The van der Waals surface area contributed by atoms with Crippen molar-refractivity contribution in [2.24, 2.45) is 23.2 Å². The van der Waals surface area contributed by atoms with E-state index >= 15 is 0 Å². The minimum atomic E-state index is 0.0368. The van der Waals surface area contributed by atoms with Gasteiger partial charge in [-0.1, -0.05) is 90.9 Å². The third-order valence-electron chi connectivity index (χ3n) is 7.40. The van der Waals surface area contributed by atoms with Crippen LogP contribution in [0.4, 0.5) is 0 Å². The molecule has 1 nitrogen and oxygen atoms in total. The number of hydrogen-bond donors (Lipinski definition) is 0. The van der Waals surface area contributed by atoms with E-state index in [1.807, 2.05) is 0 Å². The van der Waals surface area contributed by atoms with Gasteiger partial charge in [0.05, 0.1) is 11.5 Å². The van der Waals surface area contributed by atoms with Gasteiger partial charge in [0.1, 0.15) is 0 Å². The van der Waals surface area contributed by atoms with Crippen molar-refractivity contribution in [2.75, 3.05) is 0 Å². The molecule has 0 bridgehead atoms. The summed E-state index contributed by atoms with van der Waals surface area (Å²) >= 11 is 0. The molecule has 0 spiro atoms. The maximum absolute atomic E-state index is 9.89. The summed E-state index contributed by atoms with van der Waals surface area (Å²) in [7, 11) is 0. The van der Waals surface area contributed by atoms with E-state index in [2.05, 4.69) is 19.9 Å². The van der Waals surface area contributed by atoms with Gasteiger partial charge in [0.25, 0.3) is 0 Å². The summed E-state index contributed by atoms with van der Waals surface area (Å²) in [5.41, 5.74) is 0.0368. The average Bonchev–Trinajstić information content (AvgIpc) is 2.66. The molecule has 144 valence electrons. The molecule has 2 fully saturated rings. The van der Waals surface area contributed by atoms with Crippen LogP contribution in [-0.2, 0) is 0 Å². The van der Waals surface area contributed by atoms with Gasteiger partial charge in [0.15, 0.2) is 0 Å². The number of hydrogen-bond acceptors (Lipinski definition) is 1. The average molecular weight is 346 g/mol. The van der Waals surface area contributed by atoms with Gasteiger partial charge < -0.3 is 0 Å². The Balaban J connectivity index is 1.75. The highest BCUT2D eigenvalue weighted by Crippen LogP contribution is 2.48. The predicted molar refractivity (Wildman–Crippen MR) is 108 cm³/mol. The van der Waals surface area contributed by atoms with E-state index in [1.54, 1.807) is 0 Å². The van der Waals surface area contributed by atoms with Gasteiger partial charge in [-0.15, -0.1) is 0 Å². The SMILES string of the molecule is CCCCCC[C@H]1CC[C@H](C2CCCC(C#N)(CCCCC)C2)CC1. The topological polar surface area (TPSA) is 23.8 Å². The van der Waals surface area contributed by atoms with Crippen molar-refractivity contribution in [3.05, 3.63) is 0 Å². The number of nitriles is 1. The van der Waals surface area contributed by atoms with Crippen LogP contribution in [0, 0.1) is 34.5 Å². The molecule has 0 N–H and O–H groups in total. The molecule has 0 amide bonds. The molecule has 25 heavy (non-hydrogen) atoms. The van der Waals surface area contributed by atoms with Crippen LogP contribution in [0.1, 0.15) is 123 Å². The summed E-state index contributed by atoms with van der Waals surface area (Å²) in [6.45, 7) is 4.57. The molecule has 2 aliphatic rings. The lowest BCUT2D eigenvalue weighted by Gasteiger charge is -2.42. The summed E-state index contributed by atoms with van der Waals surface area (Å²) in [5, 5.41) is 9.89. The molecule has 0 aliphatic heterocycles. The third kappa shape index (κ3) is 6.62. The quantitative estimate of drug-likeness (QED) is 0.367. The van der Waals surface area contributed by atoms with Crippen molar-refractivity contribution < 1.29 is 0 Å². The van der Waals surface area contributed by atoms with Gasteiger partial charge in [0, 0.05) is 0 Å². The van der Waals surface area contributed by atoms with Crippen molar-refractivity contribution >= 4 is 0 Å². The molecule has 0 aromatic rings. The highest BCUT2D eigenvalue weighted by Gasteiger charge is 2.39. The minimum absolute atomic E-state index is 0.0368. The Kier molecular flexibility index (Phi) is 9.36. The van der Waals surface area contributed by atoms with Gasteiger partial charge in [-0.2, -0.15) is 5.26 Å².